The number of para-hydroxylation sites is 3. The fourth-order valence-electron chi connectivity index (χ4n) is 11.3. The molecule has 2 atom stereocenters. The van der Waals surface area contributed by atoms with Crippen molar-refractivity contribution in [2.24, 2.45) is 0 Å². The molecule has 2 unspecified atom stereocenters. The van der Waals surface area contributed by atoms with Gasteiger partial charge in [0, 0.05) is 66.8 Å². The van der Waals surface area contributed by atoms with E-state index < -0.39 is 0 Å². The molecule has 3 aliphatic carbocycles. The number of aromatic nitrogens is 1. The van der Waals surface area contributed by atoms with Crippen molar-refractivity contribution in [3.05, 3.63) is 196 Å². The molecule has 0 spiro atoms. The van der Waals surface area contributed by atoms with Crippen molar-refractivity contribution in [3.63, 3.8) is 0 Å². The third-order valence-corrected chi connectivity index (χ3v) is 14.0. The number of allylic oxidation sites excluding steroid dienone is 4. The number of hydrogen-bond acceptors (Lipinski definition) is 2. The number of fused-ring (bicyclic) bond motifs is 11. The molecule has 0 saturated carbocycles. The van der Waals surface area contributed by atoms with E-state index in [0.717, 1.165) is 12.8 Å². The summed E-state index contributed by atoms with van der Waals surface area (Å²) in [7, 11) is 0. The number of anilines is 4. The first-order valence-corrected chi connectivity index (χ1v) is 20.7. The van der Waals surface area contributed by atoms with Crippen LogP contribution in [0.3, 0.4) is 0 Å². The second-order valence-electron chi connectivity index (χ2n) is 17.6. The van der Waals surface area contributed by atoms with Crippen LogP contribution >= 0.6 is 0 Å². The molecule has 6 aromatic carbocycles. The SMILES string of the molecule is CC1(C)C2=C3C(CC=C2)c2cc(N(c4ccc5c(c4)C(C)(C)c4ccccc4-5)C4C=c5c(n(-c6ccccc6)c6ccccc56)=CC4)ccc2N3c2ccccc21. The average molecular weight is 736 g/mol. The smallest absolute Gasteiger partial charge is 0.0567 e. The van der Waals surface area contributed by atoms with Gasteiger partial charge in [0.15, 0.2) is 0 Å². The van der Waals surface area contributed by atoms with Crippen LogP contribution < -0.4 is 20.4 Å². The van der Waals surface area contributed by atoms with Gasteiger partial charge in [0.05, 0.1) is 11.6 Å². The highest BCUT2D eigenvalue weighted by atomic mass is 15.2. The quantitative estimate of drug-likeness (QED) is 0.178. The fourth-order valence-corrected chi connectivity index (χ4v) is 11.3. The number of benzene rings is 6. The molecule has 1 aromatic heterocycles. The zero-order valence-corrected chi connectivity index (χ0v) is 33.0. The van der Waals surface area contributed by atoms with E-state index >= 15 is 0 Å². The van der Waals surface area contributed by atoms with Gasteiger partial charge in [-0.25, -0.2) is 0 Å². The summed E-state index contributed by atoms with van der Waals surface area (Å²) in [6, 6.07) is 52.5. The number of nitrogens with zero attached hydrogens (tertiary/aromatic N) is 3. The largest absolute Gasteiger partial charge is 0.334 e. The van der Waals surface area contributed by atoms with E-state index in [4.69, 9.17) is 0 Å². The second-order valence-corrected chi connectivity index (χ2v) is 17.6. The lowest BCUT2D eigenvalue weighted by molar-refractivity contribution is 0.598. The van der Waals surface area contributed by atoms with E-state index in [1.54, 1.807) is 0 Å². The molecule has 0 fully saturated rings. The Morgan fingerprint density at radius 2 is 1.33 bits per heavy atom. The Morgan fingerprint density at radius 3 is 2.21 bits per heavy atom. The molecule has 12 rings (SSSR count). The summed E-state index contributed by atoms with van der Waals surface area (Å²) in [5, 5.41) is 3.89. The minimum Gasteiger partial charge on any atom is -0.334 e. The van der Waals surface area contributed by atoms with Gasteiger partial charge in [0.2, 0.25) is 0 Å². The zero-order valence-electron chi connectivity index (χ0n) is 33.0. The first-order chi connectivity index (χ1) is 27.8. The molecule has 5 aliphatic rings. The number of rotatable bonds is 4. The average Bonchev–Trinajstić information content (AvgIpc) is 3.84. The van der Waals surface area contributed by atoms with Crippen LogP contribution in [-0.4, -0.2) is 10.6 Å². The van der Waals surface area contributed by atoms with E-state index in [-0.39, 0.29) is 16.9 Å². The summed E-state index contributed by atoms with van der Waals surface area (Å²) in [6.07, 6.45) is 11.8. The molecule has 2 aliphatic heterocycles. The molecular formula is C54H45N3. The predicted octanol–water partition coefficient (Wildman–Crippen LogP) is 11.8. The van der Waals surface area contributed by atoms with Crippen molar-refractivity contribution < 1.29 is 0 Å². The summed E-state index contributed by atoms with van der Waals surface area (Å²) < 4.78 is 2.45. The van der Waals surface area contributed by atoms with E-state index in [0.29, 0.717) is 5.92 Å². The normalized spacial score (nSPS) is 19.8. The van der Waals surface area contributed by atoms with Crippen LogP contribution in [0.25, 0.3) is 39.9 Å². The van der Waals surface area contributed by atoms with Crippen LogP contribution in [0.4, 0.5) is 22.7 Å². The van der Waals surface area contributed by atoms with Crippen LogP contribution in [0.5, 0.6) is 0 Å². The van der Waals surface area contributed by atoms with Crippen LogP contribution in [0.2, 0.25) is 0 Å². The third-order valence-electron chi connectivity index (χ3n) is 14.0. The highest BCUT2D eigenvalue weighted by Crippen LogP contribution is 2.60. The number of hydrogen-bond donors (Lipinski definition) is 0. The molecule has 3 heteroatoms. The maximum Gasteiger partial charge on any atom is 0.0567 e. The molecule has 0 bridgehead atoms. The lowest BCUT2D eigenvalue weighted by Gasteiger charge is -2.42. The van der Waals surface area contributed by atoms with Gasteiger partial charge in [-0.2, -0.15) is 0 Å². The van der Waals surface area contributed by atoms with E-state index in [1.807, 2.05) is 0 Å². The first kappa shape index (κ1) is 32.9. The molecule has 0 radical (unpaired) electrons. The molecule has 3 nitrogen and oxygen atoms in total. The Morgan fingerprint density at radius 1 is 0.614 bits per heavy atom. The Bertz CT molecular complexity index is 3050. The van der Waals surface area contributed by atoms with Gasteiger partial charge in [-0.3, -0.25) is 0 Å². The first-order valence-electron chi connectivity index (χ1n) is 20.7. The lowest BCUT2D eigenvalue weighted by atomic mass is 9.70. The second kappa shape index (κ2) is 11.6. The summed E-state index contributed by atoms with van der Waals surface area (Å²) in [4.78, 5) is 5.24. The summed E-state index contributed by atoms with van der Waals surface area (Å²) >= 11 is 0. The van der Waals surface area contributed by atoms with Gasteiger partial charge in [0.25, 0.3) is 0 Å². The maximum atomic E-state index is 2.65. The van der Waals surface area contributed by atoms with Gasteiger partial charge in [-0.15, -0.1) is 0 Å². The zero-order chi connectivity index (χ0) is 38.2. The summed E-state index contributed by atoms with van der Waals surface area (Å²) in [5.41, 5.74) is 18.7. The molecule has 7 aromatic rings. The van der Waals surface area contributed by atoms with Crippen molar-refractivity contribution in [1.29, 1.82) is 0 Å². The third kappa shape index (κ3) is 4.43. The predicted molar refractivity (Wildman–Crippen MR) is 238 cm³/mol. The van der Waals surface area contributed by atoms with Gasteiger partial charge < -0.3 is 14.4 Å². The summed E-state index contributed by atoms with van der Waals surface area (Å²) in [5.74, 6) is 0.320. The monoisotopic (exact) mass is 735 g/mol. The topological polar surface area (TPSA) is 11.4 Å². The van der Waals surface area contributed by atoms with Crippen LogP contribution in [0.1, 0.15) is 68.7 Å². The minimum absolute atomic E-state index is 0.0627. The Kier molecular flexibility index (Phi) is 6.70. The molecular weight excluding hydrogens is 691 g/mol. The Balaban J connectivity index is 1.07. The van der Waals surface area contributed by atoms with E-state index in [1.165, 1.54) is 94.6 Å². The Labute approximate surface area is 334 Å². The molecule has 0 N–H and O–H groups in total. The van der Waals surface area contributed by atoms with Crippen molar-refractivity contribution in [1.82, 2.24) is 4.57 Å². The highest BCUT2D eigenvalue weighted by Gasteiger charge is 2.46. The minimum atomic E-state index is -0.0926. The van der Waals surface area contributed by atoms with Crippen LogP contribution in [0.15, 0.2) is 163 Å². The lowest BCUT2D eigenvalue weighted by Crippen LogP contribution is -2.39. The van der Waals surface area contributed by atoms with E-state index in [2.05, 4.69) is 206 Å². The standard InChI is InChI=1S/C54H45N3/c1-53(2)44-20-10-8-17-38(44)39-28-25-37(33-47(39)53)55(35-26-29-49-42(31-35)40-18-9-12-23-48(40)56(49)34-15-6-5-7-16-34)36-27-30-50-43(32-36)41-19-14-22-46-52(41)57(50)51-24-13-11-21-45(51)54(46,3)4/h5-18,20-25,27-33,35,41H,19,26H2,1-4H3. The van der Waals surface area contributed by atoms with Crippen molar-refractivity contribution in [3.8, 4) is 16.8 Å². The van der Waals surface area contributed by atoms with Crippen molar-refractivity contribution >= 4 is 45.8 Å². The summed E-state index contributed by atoms with van der Waals surface area (Å²) in [6.45, 7) is 9.59. The molecule has 276 valence electrons. The molecule has 57 heavy (non-hydrogen) atoms. The maximum absolute atomic E-state index is 2.65. The van der Waals surface area contributed by atoms with Gasteiger partial charge >= 0.3 is 0 Å². The van der Waals surface area contributed by atoms with E-state index in [9.17, 15) is 0 Å². The van der Waals surface area contributed by atoms with Crippen LogP contribution in [0, 0.1) is 0 Å². The molecule has 0 amide bonds. The highest BCUT2D eigenvalue weighted by molar-refractivity contribution is 5.90. The van der Waals surface area contributed by atoms with Crippen molar-refractivity contribution in [2.45, 2.75) is 63.3 Å². The van der Waals surface area contributed by atoms with Crippen LogP contribution in [-0.2, 0) is 10.8 Å². The van der Waals surface area contributed by atoms with Gasteiger partial charge in [-0.05, 0) is 106 Å². The fraction of sp³-hybridized carbons (Fsp3) is 0.185. The van der Waals surface area contributed by atoms with Crippen molar-refractivity contribution in [2.75, 3.05) is 9.80 Å². The molecule has 0 saturated heterocycles. The van der Waals surface area contributed by atoms with Gasteiger partial charge in [0.1, 0.15) is 0 Å². The Hall–Kier alpha value is -6.32. The molecule has 3 heterocycles. The van der Waals surface area contributed by atoms with Gasteiger partial charge in [-0.1, -0.05) is 137 Å².